The number of hydrogen-bond donors (Lipinski definition) is 2. The van der Waals surface area contributed by atoms with Gasteiger partial charge >= 0.3 is 36.6 Å². The lowest BCUT2D eigenvalue weighted by Gasteiger charge is -2.41. The van der Waals surface area contributed by atoms with E-state index in [-0.39, 0.29) is 12.1 Å². The Morgan fingerprint density at radius 1 is 0.514 bits per heavy atom. The molecule has 0 aliphatic heterocycles. The van der Waals surface area contributed by atoms with Gasteiger partial charge in [0, 0.05) is 0 Å². The summed E-state index contributed by atoms with van der Waals surface area (Å²) in [5.41, 5.74) is -20.6. The van der Waals surface area contributed by atoms with Gasteiger partial charge in [-0.1, -0.05) is 0 Å². The predicted molar refractivity (Wildman–Crippen MR) is 89.7 cm³/mol. The minimum absolute atomic E-state index is 0.00447. The Hall–Kier alpha value is -3.46. The van der Waals surface area contributed by atoms with Crippen molar-refractivity contribution in [1.29, 1.82) is 0 Å². The first-order valence-electron chi connectivity index (χ1n) is 8.60. The molecule has 0 saturated carbocycles. The standard InChI is InChI=1S/C19H8F12O4/c20-16(21,22)9-3-1-7(13(32)33)5-11(9)15(18(26,27)28,19(29,30)31)12-6-8(14(34)35)2-4-10(12)17(23,24)25/h1-6H,(H,32,33)(H,34,35). The number of benzene rings is 2. The Kier molecular flexibility index (Phi) is 6.62. The van der Waals surface area contributed by atoms with E-state index in [1.54, 1.807) is 0 Å². The maximum absolute atomic E-state index is 14.3. The number of aromatic carboxylic acids is 2. The van der Waals surface area contributed by atoms with Crippen molar-refractivity contribution in [2.24, 2.45) is 0 Å². The molecule has 0 saturated heterocycles. The van der Waals surface area contributed by atoms with Gasteiger partial charge in [0.2, 0.25) is 5.41 Å². The summed E-state index contributed by atoms with van der Waals surface area (Å²) in [5.74, 6) is -4.60. The van der Waals surface area contributed by atoms with Crippen LogP contribution in [0.2, 0.25) is 0 Å². The average molecular weight is 528 g/mol. The van der Waals surface area contributed by atoms with Gasteiger partial charge in [-0.3, -0.25) is 0 Å². The molecular formula is C19H8F12O4. The molecule has 35 heavy (non-hydrogen) atoms. The fourth-order valence-electron chi connectivity index (χ4n) is 3.39. The fraction of sp³-hybridized carbons (Fsp3) is 0.263. The Balaban J connectivity index is 3.38. The molecule has 0 atom stereocenters. The number of halogens is 12. The monoisotopic (exact) mass is 528 g/mol. The fourth-order valence-corrected chi connectivity index (χ4v) is 3.39. The van der Waals surface area contributed by atoms with Crippen molar-refractivity contribution in [3.05, 3.63) is 69.8 Å². The normalized spacial score (nSPS) is 13.6. The Labute approximate surface area is 185 Å². The van der Waals surface area contributed by atoms with Gasteiger partial charge in [0.15, 0.2) is 0 Å². The first-order valence-corrected chi connectivity index (χ1v) is 8.60. The van der Waals surface area contributed by atoms with Crippen LogP contribution in [0.5, 0.6) is 0 Å². The van der Waals surface area contributed by atoms with Crippen molar-refractivity contribution < 1.29 is 72.5 Å². The van der Waals surface area contributed by atoms with Gasteiger partial charge < -0.3 is 10.2 Å². The largest absolute Gasteiger partial charge is 0.478 e. The molecule has 0 heterocycles. The summed E-state index contributed by atoms with van der Waals surface area (Å²) in [6.45, 7) is 0. The van der Waals surface area contributed by atoms with E-state index in [9.17, 15) is 62.3 Å². The molecule has 0 unspecified atom stereocenters. The second-order valence-corrected chi connectivity index (χ2v) is 6.87. The molecule has 0 radical (unpaired) electrons. The third-order valence-corrected chi connectivity index (χ3v) is 4.80. The van der Waals surface area contributed by atoms with Crippen LogP contribution in [0.25, 0.3) is 0 Å². The minimum Gasteiger partial charge on any atom is -0.478 e. The van der Waals surface area contributed by atoms with Crippen LogP contribution in [-0.2, 0) is 17.8 Å². The zero-order valence-electron chi connectivity index (χ0n) is 16.2. The van der Waals surface area contributed by atoms with Gasteiger partial charge in [-0.15, -0.1) is 0 Å². The van der Waals surface area contributed by atoms with Crippen LogP contribution in [0.15, 0.2) is 36.4 Å². The van der Waals surface area contributed by atoms with Gasteiger partial charge in [0.05, 0.1) is 22.3 Å². The van der Waals surface area contributed by atoms with Crippen molar-refractivity contribution in [3.8, 4) is 0 Å². The van der Waals surface area contributed by atoms with Crippen LogP contribution in [0.3, 0.4) is 0 Å². The minimum atomic E-state index is -7.03. The lowest BCUT2D eigenvalue weighted by molar-refractivity contribution is -0.290. The topological polar surface area (TPSA) is 74.6 Å². The SMILES string of the molecule is O=C(O)c1ccc(C(F)(F)F)c(C(c2cc(C(=O)O)ccc2C(F)(F)F)(C(F)(F)F)C(F)(F)F)c1. The first-order chi connectivity index (χ1) is 15.6. The second-order valence-electron chi connectivity index (χ2n) is 6.87. The average Bonchev–Trinajstić information content (AvgIpc) is 2.64. The molecular weight excluding hydrogens is 520 g/mol. The molecule has 192 valence electrons. The Morgan fingerprint density at radius 2 is 0.800 bits per heavy atom. The highest BCUT2D eigenvalue weighted by Crippen LogP contribution is 2.60. The number of carboxylic acid groups (broad SMARTS) is 2. The van der Waals surface area contributed by atoms with E-state index >= 15 is 0 Å². The summed E-state index contributed by atoms with van der Waals surface area (Å²) in [6.07, 6.45) is -26.1. The van der Waals surface area contributed by atoms with E-state index in [1.165, 1.54) is 0 Å². The molecule has 0 fully saturated rings. The molecule has 2 aromatic rings. The summed E-state index contributed by atoms with van der Waals surface area (Å²) in [7, 11) is 0. The van der Waals surface area contributed by atoms with E-state index in [0.717, 1.165) is 0 Å². The summed E-state index contributed by atoms with van der Waals surface area (Å²) >= 11 is 0. The van der Waals surface area contributed by atoms with Gasteiger partial charge in [-0.05, 0) is 47.5 Å². The number of rotatable bonds is 4. The van der Waals surface area contributed by atoms with Gasteiger partial charge in [-0.2, -0.15) is 52.7 Å². The van der Waals surface area contributed by atoms with E-state index < -0.39 is 99.7 Å². The molecule has 0 aliphatic carbocycles. The van der Waals surface area contributed by atoms with E-state index in [1.807, 2.05) is 0 Å². The van der Waals surface area contributed by atoms with Gasteiger partial charge in [0.25, 0.3) is 0 Å². The number of alkyl halides is 12. The summed E-state index contributed by atoms with van der Waals surface area (Å²) in [5, 5.41) is 17.9. The smallest absolute Gasteiger partial charge is 0.416 e. The lowest BCUT2D eigenvalue weighted by atomic mass is 9.68. The number of hydrogen-bond acceptors (Lipinski definition) is 2. The van der Waals surface area contributed by atoms with Crippen LogP contribution in [0.1, 0.15) is 43.0 Å². The first kappa shape index (κ1) is 27.8. The summed E-state index contributed by atoms with van der Waals surface area (Å²) in [6, 6.07) is -2.30. The molecule has 2 rings (SSSR count). The van der Waals surface area contributed by atoms with Crippen LogP contribution in [0.4, 0.5) is 52.7 Å². The van der Waals surface area contributed by atoms with E-state index in [0.29, 0.717) is 0 Å². The molecule has 0 aliphatic rings. The van der Waals surface area contributed by atoms with E-state index in [2.05, 4.69) is 0 Å². The molecule has 2 aromatic carbocycles. The third-order valence-electron chi connectivity index (χ3n) is 4.80. The number of carbonyl (C=O) groups is 2. The lowest BCUT2D eigenvalue weighted by Crippen LogP contribution is -2.56. The van der Waals surface area contributed by atoms with Crippen LogP contribution >= 0.6 is 0 Å². The van der Waals surface area contributed by atoms with Crippen molar-refractivity contribution in [1.82, 2.24) is 0 Å². The predicted octanol–water partition coefficient (Wildman–Crippen LogP) is 6.53. The van der Waals surface area contributed by atoms with E-state index in [4.69, 9.17) is 10.2 Å². The molecule has 0 amide bonds. The van der Waals surface area contributed by atoms with Crippen LogP contribution in [-0.4, -0.2) is 34.5 Å². The maximum atomic E-state index is 14.3. The maximum Gasteiger partial charge on any atom is 0.416 e. The van der Waals surface area contributed by atoms with Crippen molar-refractivity contribution in [3.63, 3.8) is 0 Å². The van der Waals surface area contributed by atoms with Gasteiger partial charge in [-0.25, -0.2) is 9.59 Å². The van der Waals surface area contributed by atoms with Crippen molar-refractivity contribution >= 4 is 11.9 Å². The zero-order valence-corrected chi connectivity index (χ0v) is 16.2. The quantitative estimate of drug-likeness (QED) is 0.443. The molecule has 2 N–H and O–H groups in total. The van der Waals surface area contributed by atoms with Crippen LogP contribution < -0.4 is 0 Å². The molecule has 0 bridgehead atoms. The highest BCUT2D eigenvalue weighted by atomic mass is 19.4. The van der Waals surface area contributed by atoms with Crippen LogP contribution in [0, 0.1) is 0 Å². The van der Waals surface area contributed by atoms with Gasteiger partial charge in [0.1, 0.15) is 0 Å². The highest BCUT2D eigenvalue weighted by molar-refractivity contribution is 5.89. The number of carboxylic acids is 2. The molecule has 4 nitrogen and oxygen atoms in total. The summed E-state index contributed by atoms with van der Waals surface area (Å²) in [4.78, 5) is 22.3. The highest BCUT2D eigenvalue weighted by Gasteiger charge is 2.75. The second kappa shape index (κ2) is 8.34. The molecule has 16 heteroatoms. The summed E-state index contributed by atoms with van der Waals surface area (Å²) < 4.78 is 167. The van der Waals surface area contributed by atoms with Crippen molar-refractivity contribution in [2.75, 3.05) is 0 Å². The van der Waals surface area contributed by atoms with Crippen molar-refractivity contribution in [2.45, 2.75) is 30.1 Å². The Bertz CT molecular complexity index is 1060. The molecule has 0 aromatic heterocycles. The zero-order chi connectivity index (χ0) is 27.4. The molecule has 0 spiro atoms. The Morgan fingerprint density at radius 3 is 1.00 bits per heavy atom. The third kappa shape index (κ3) is 4.73.